The van der Waals surface area contributed by atoms with Crippen molar-refractivity contribution in [1.29, 1.82) is 0 Å². The van der Waals surface area contributed by atoms with Crippen molar-refractivity contribution in [2.75, 3.05) is 19.6 Å². The molecule has 0 bridgehead atoms. The molecule has 0 aromatic carbocycles. The van der Waals surface area contributed by atoms with E-state index in [1.165, 1.54) is 6.42 Å². The smallest absolute Gasteiger partial charge is 0.303 e. The van der Waals surface area contributed by atoms with Crippen LogP contribution in [-0.4, -0.2) is 30.7 Å². The number of likely N-dealkylation sites (tertiary alicyclic amines) is 1. The largest absolute Gasteiger partial charge is 0.389 e. The summed E-state index contributed by atoms with van der Waals surface area (Å²) in [7, 11) is 0. The molecule has 1 nitrogen and oxygen atoms in total. The first-order valence-corrected chi connectivity index (χ1v) is 6.66. The molecule has 17 heavy (non-hydrogen) atoms. The first kappa shape index (κ1) is 14.8. The van der Waals surface area contributed by atoms with E-state index >= 15 is 0 Å². The van der Waals surface area contributed by atoms with Crippen molar-refractivity contribution in [3.05, 3.63) is 0 Å². The van der Waals surface area contributed by atoms with E-state index in [1.807, 2.05) is 0 Å². The van der Waals surface area contributed by atoms with Crippen molar-refractivity contribution >= 4 is 0 Å². The molecule has 0 aromatic heterocycles. The van der Waals surface area contributed by atoms with Crippen LogP contribution in [0.5, 0.6) is 0 Å². The Hall–Kier alpha value is -0.250. The fraction of sp³-hybridized carbons (Fsp3) is 1.00. The van der Waals surface area contributed by atoms with Crippen molar-refractivity contribution in [2.45, 2.75) is 52.1 Å². The third kappa shape index (κ3) is 6.92. The van der Waals surface area contributed by atoms with E-state index in [0.29, 0.717) is 6.54 Å². The second-order valence-electron chi connectivity index (χ2n) is 5.63. The topological polar surface area (TPSA) is 3.24 Å². The Morgan fingerprint density at radius 1 is 1.18 bits per heavy atom. The van der Waals surface area contributed by atoms with Gasteiger partial charge in [-0.1, -0.05) is 13.8 Å². The predicted molar refractivity (Wildman–Crippen MR) is 63.9 cm³/mol. The highest BCUT2D eigenvalue weighted by molar-refractivity contribution is 4.73. The summed E-state index contributed by atoms with van der Waals surface area (Å²) >= 11 is 0. The van der Waals surface area contributed by atoms with E-state index in [4.69, 9.17) is 0 Å². The third-order valence-corrected chi connectivity index (χ3v) is 3.45. The Kier molecular flexibility index (Phi) is 5.77. The molecule has 0 spiro atoms. The Morgan fingerprint density at radius 2 is 1.76 bits per heavy atom. The summed E-state index contributed by atoms with van der Waals surface area (Å²) < 4.78 is 36.0. The first-order chi connectivity index (χ1) is 7.87. The standard InChI is InChI=1S/C13H24F3N/c1-11(2)10-12-4-8-17(9-5-12)7-3-6-13(14,15)16/h11-12H,3-10H2,1-2H3. The summed E-state index contributed by atoms with van der Waals surface area (Å²) in [5.74, 6) is 1.52. The Balaban J connectivity index is 2.11. The van der Waals surface area contributed by atoms with Crippen LogP contribution in [0.3, 0.4) is 0 Å². The number of alkyl halides is 3. The second kappa shape index (κ2) is 6.62. The molecule has 1 aliphatic rings. The van der Waals surface area contributed by atoms with Gasteiger partial charge in [-0.2, -0.15) is 13.2 Å². The average Bonchev–Trinajstić information content (AvgIpc) is 2.18. The molecule has 1 aliphatic heterocycles. The van der Waals surface area contributed by atoms with E-state index in [0.717, 1.165) is 37.8 Å². The van der Waals surface area contributed by atoms with Crippen LogP contribution in [0.15, 0.2) is 0 Å². The monoisotopic (exact) mass is 251 g/mol. The molecule has 1 rings (SSSR count). The predicted octanol–water partition coefficient (Wildman–Crippen LogP) is 4.09. The maximum absolute atomic E-state index is 12.0. The molecule has 0 atom stereocenters. The van der Waals surface area contributed by atoms with Crippen LogP contribution in [0, 0.1) is 11.8 Å². The highest BCUT2D eigenvalue weighted by atomic mass is 19.4. The minimum Gasteiger partial charge on any atom is -0.303 e. The maximum atomic E-state index is 12.0. The summed E-state index contributed by atoms with van der Waals surface area (Å²) in [5, 5.41) is 0. The summed E-state index contributed by atoms with van der Waals surface area (Å²) in [6.45, 7) is 7.03. The summed E-state index contributed by atoms with van der Waals surface area (Å²) in [6, 6.07) is 0. The minimum atomic E-state index is -3.99. The van der Waals surface area contributed by atoms with Gasteiger partial charge in [0.1, 0.15) is 0 Å². The summed E-state index contributed by atoms with van der Waals surface area (Å²) in [5.41, 5.74) is 0. The van der Waals surface area contributed by atoms with Crippen LogP contribution in [0.2, 0.25) is 0 Å². The van der Waals surface area contributed by atoms with Gasteiger partial charge in [-0.05, 0) is 57.2 Å². The van der Waals surface area contributed by atoms with Gasteiger partial charge in [0.2, 0.25) is 0 Å². The lowest BCUT2D eigenvalue weighted by Crippen LogP contribution is -2.35. The van der Waals surface area contributed by atoms with Gasteiger partial charge in [0, 0.05) is 6.42 Å². The normalized spacial score (nSPS) is 20.1. The lowest BCUT2D eigenvalue weighted by atomic mass is 9.88. The highest BCUT2D eigenvalue weighted by Crippen LogP contribution is 2.25. The van der Waals surface area contributed by atoms with Gasteiger partial charge in [0.15, 0.2) is 0 Å². The van der Waals surface area contributed by atoms with Crippen molar-refractivity contribution in [3.8, 4) is 0 Å². The lowest BCUT2D eigenvalue weighted by Gasteiger charge is -2.32. The van der Waals surface area contributed by atoms with Gasteiger partial charge in [0.05, 0.1) is 0 Å². The van der Waals surface area contributed by atoms with Crippen LogP contribution < -0.4 is 0 Å². The van der Waals surface area contributed by atoms with Crippen molar-refractivity contribution in [3.63, 3.8) is 0 Å². The first-order valence-electron chi connectivity index (χ1n) is 6.66. The second-order valence-corrected chi connectivity index (χ2v) is 5.63. The van der Waals surface area contributed by atoms with E-state index < -0.39 is 12.6 Å². The molecule has 1 saturated heterocycles. The Bertz CT molecular complexity index is 205. The van der Waals surface area contributed by atoms with Gasteiger partial charge in [-0.15, -0.1) is 0 Å². The quantitative estimate of drug-likeness (QED) is 0.711. The highest BCUT2D eigenvalue weighted by Gasteiger charge is 2.27. The van der Waals surface area contributed by atoms with Crippen molar-refractivity contribution < 1.29 is 13.2 Å². The number of nitrogens with zero attached hydrogens (tertiary/aromatic N) is 1. The maximum Gasteiger partial charge on any atom is 0.389 e. The number of hydrogen-bond donors (Lipinski definition) is 0. The summed E-state index contributed by atoms with van der Waals surface area (Å²) in [4.78, 5) is 2.18. The molecular weight excluding hydrogens is 227 g/mol. The molecule has 0 unspecified atom stereocenters. The van der Waals surface area contributed by atoms with Crippen LogP contribution in [0.1, 0.15) is 46.0 Å². The number of piperidine rings is 1. The molecule has 1 heterocycles. The molecule has 0 amide bonds. The zero-order valence-corrected chi connectivity index (χ0v) is 10.9. The molecular formula is C13H24F3N. The van der Waals surface area contributed by atoms with Gasteiger partial charge in [0.25, 0.3) is 0 Å². The zero-order valence-electron chi connectivity index (χ0n) is 10.9. The van der Waals surface area contributed by atoms with Gasteiger partial charge < -0.3 is 4.90 Å². The third-order valence-electron chi connectivity index (χ3n) is 3.45. The zero-order chi connectivity index (χ0) is 12.9. The fourth-order valence-corrected chi connectivity index (χ4v) is 2.62. The van der Waals surface area contributed by atoms with Gasteiger partial charge >= 0.3 is 6.18 Å². The Labute approximate surface area is 102 Å². The molecule has 0 aromatic rings. The lowest BCUT2D eigenvalue weighted by molar-refractivity contribution is -0.136. The van der Waals surface area contributed by atoms with Crippen LogP contribution in [-0.2, 0) is 0 Å². The van der Waals surface area contributed by atoms with E-state index in [2.05, 4.69) is 18.7 Å². The molecule has 0 radical (unpaired) electrons. The SMILES string of the molecule is CC(C)CC1CCN(CCCC(F)(F)F)CC1. The Morgan fingerprint density at radius 3 is 2.24 bits per heavy atom. The van der Waals surface area contributed by atoms with Crippen molar-refractivity contribution in [2.24, 2.45) is 11.8 Å². The van der Waals surface area contributed by atoms with E-state index in [9.17, 15) is 13.2 Å². The van der Waals surface area contributed by atoms with Crippen LogP contribution >= 0.6 is 0 Å². The molecule has 0 saturated carbocycles. The summed E-state index contributed by atoms with van der Waals surface area (Å²) in [6.07, 6.45) is -0.808. The number of rotatable bonds is 5. The van der Waals surface area contributed by atoms with Gasteiger partial charge in [-0.25, -0.2) is 0 Å². The van der Waals surface area contributed by atoms with Crippen LogP contribution in [0.4, 0.5) is 13.2 Å². The molecule has 0 aliphatic carbocycles. The molecule has 102 valence electrons. The minimum absolute atomic E-state index is 0.248. The van der Waals surface area contributed by atoms with Gasteiger partial charge in [-0.3, -0.25) is 0 Å². The van der Waals surface area contributed by atoms with Crippen LogP contribution in [0.25, 0.3) is 0 Å². The van der Waals surface area contributed by atoms with Crippen molar-refractivity contribution in [1.82, 2.24) is 4.90 Å². The van der Waals surface area contributed by atoms with E-state index in [1.54, 1.807) is 0 Å². The number of hydrogen-bond acceptors (Lipinski definition) is 1. The number of halogens is 3. The average molecular weight is 251 g/mol. The molecule has 0 N–H and O–H groups in total. The molecule has 4 heteroatoms. The fourth-order valence-electron chi connectivity index (χ4n) is 2.62. The molecule has 1 fully saturated rings. The van der Waals surface area contributed by atoms with E-state index in [-0.39, 0.29) is 6.42 Å².